The number of hydrogen-bond donors (Lipinski definition) is 0. The molecule has 0 fully saturated rings. The predicted molar refractivity (Wildman–Crippen MR) is 69.9 cm³/mol. The fraction of sp³-hybridized carbons (Fsp3) is 0.143. The van der Waals surface area contributed by atoms with Gasteiger partial charge in [-0.25, -0.2) is 0 Å². The molecule has 0 aliphatic carbocycles. The summed E-state index contributed by atoms with van der Waals surface area (Å²) in [7, 11) is 0. The van der Waals surface area contributed by atoms with Gasteiger partial charge in [0.25, 0.3) is 0 Å². The van der Waals surface area contributed by atoms with Gasteiger partial charge in [-0.15, -0.1) is 0 Å². The van der Waals surface area contributed by atoms with Crippen molar-refractivity contribution >= 4 is 15.9 Å². The van der Waals surface area contributed by atoms with Gasteiger partial charge in [0, 0.05) is 4.47 Å². The lowest BCUT2D eigenvalue weighted by molar-refractivity contribution is -0.137. The zero-order valence-corrected chi connectivity index (χ0v) is 11.3. The second-order valence-electron chi connectivity index (χ2n) is 3.94. The van der Waals surface area contributed by atoms with Crippen LogP contribution in [0.2, 0.25) is 0 Å². The number of ether oxygens (including phenoxy) is 1. The molecule has 0 aliphatic rings. The molecular weight excluding hydrogens is 321 g/mol. The van der Waals surface area contributed by atoms with E-state index in [1.165, 1.54) is 6.07 Å². The Hall–Kier alpha value is -1.49. The first-order valence-corrected chi connectivity index (χ1v) is 6.29. The average Bonchev–Trinajstić information content (AvgIpc) is 2.36. The Morgan fingerprint density at radius 3 is 2.42 bits per heavy atom. The standard InChI is InChI=1S/C14H10BrF3O/c15-12-5-2-6-13(8-12)19-9-10-3-1-4-11(7-10)14(16,17)18/h1-8H,9H2. The second-order valence-corrected chi connectivity index (χ2v) is 4.86. The molecule has 0 aromatic heterocycles. The molecule has 0 N–H and O–H groups in total. The number of alkyl halides is 3. The molecule has 100 valence electrons. The number of rotatable bonds is 3. The molecule has 2 aromatic rings. The number of hydrogen-bond acceptors (Lipinski definition) is 1. The van der Waals surface area contributed by atoms with Crippen molar-refractivity contribution in [1.29, 1.82) is 0 Å². The van der Waals surface area contributed by atoms with Crippen LogP contribution < -0.4 is 4.74 Å². The summed E-state index contributed by atoms with van der Waals surface area (Å²) in [5.74, 6) is 0.604. The monoisotopic (exact) mass is 330 g/mol. The maximum Gasteiger partial charge on any atom is 0.416 e. The molecule has 0 saturated heterocycles. The first-order chi connectivity index (χ1) is 8.95. The van der Waals surface area contributed by atoms with Crippen molar-refractivity contribution in [3.8, 4) is 5.75 Å². The van der Waals surface area contributed by atoms with Crippen LogP contribution in [-0.2, 0) is 12.8 Å². The van der Waals surface area contributed by atoms with Crippen LogP contribution in [-0.4, -0.2) is 0 Å². The van der Waals surface area contributed by atoms with E-state index in [1.807, 2.05) is 6.07 Å². The topological polar surface area (TPSA) is 9.23 Å². The molecule has 0 saturated carbocycles. The maximum absolute atomic E-state index is 12.5. The highest BCUT2D eigenvalue weighted by atomic mass is 79.9. The predicted octanol–water partition coefficient (Wildman–Crippen LogP) is 5.05. The van der Waals surface area contributed by atoms with Crippen LogP contribution in [0.1, 0.15) is 11.1 Å². The molecule has 2 aromatic carbocycles. The van der Waals surface area contributed by atoms with E-state index in [-0.39, 0.29) is 6.61 Å². The van der Waals surface area contributed by atoms with Crippen LogP contribution in [0.25, 0.3) is 0 Å². The summed E-state index contributed by atoms with van der Waals surface area (Å²) in [5.41, 5.74) is -0.183. The van der Waals surface area contributed by atoms with E-state index in [0.717, 1.165) is 16.6 Å². The van der Waals surface area contributed by atoms with Gasteiger partial charge >= 0.3 is 6.18 Å². The number of halogens is 4. The first-order valence-electron chi connectivity index (χ1n) is 5.50. The summed E-state index contributed by atoms with van der Waals surface area (Å²) in [4.78, 5) is 0. The Bertz CT molecular complexity index is 567. The van der Waals surface area contributed by atoms with Crippen LogP contribution in [0.3, 0.4) is 0 Å². The molecule has 0 bridgehead atoms. The first kappa shape index (κ1) is 13.9. The van der Waals surface area contributed by atoms with E-state index < -0.39 is 11.7 Å². The number of benzene rings is 2. The third kappa shape index (κ3) is 3.99. The van der Waals surface area contributed by atoms with Crippen molar-refractivity contribution in [3.05, 3.63) is 64.1 Å². The lowest BCUT2D eigenvalue weighted by Crippen LogP contribution is -2.06. The summed E-state index contributed by atoms with van der Waals surface area (Å²) < 4.78 is 43.9. The van der Waals surface area contributed by atoms with E-state index in [4.69, 9.17) is 4.74 Å². The SMILES string of the molecule is FC(F)(F)c1cccc(COc2cccc(Br)c2)c1. The molecule has 19 heavy (non-hydrogen) atoms. The highest BCUT2D eigenvalue weighted by Crippen LogP contribution is 2.29. The van der Waals surface area contributed by atoms with Gasteiger partial charge in [0.2, 0.25) is 0 Å². The molecule has 0 radical (unpaired) electrons. The van der Waals surface area contributed by atoms with Crippen molar-refractivity contribution in [3.63, 3.8) is 0 Å². The summed E-state index contributed by atoms with van der Waals surface area (Å²) >= 11 is 3.30. The zero-order chi connectivity index (χ0) is 13.9. The fourth-order valence-corrected chi connectivity index (χ4v) is 1.94. The Balaban J connectivity index is 2.08. The van der Waals surface area contributed by atoms with E-state index in [9.17, 15) is 13.2 Å². The van der Waals surface area contributed by atoms with Crippen LogP contribution in [0.5, 0.6) is 5.75 Å². The molecule has 2 rings (SSSR count). The average molecular weight is 331 g/mol. The second kappa shape index (κ2) is 5.65. The molecule has 0 spiro atoms. The minimum absolute atomic E-state index is 0.0976. The largest absolute Gasteiger partial charge is 0.489 e. The Morgan fingerprint density at radius 1 is 1.00 bits per heavy atom. The van der Waals surface area contributed by atoms with E-state index in [0.29, 0.717) is 11.3 Å². The van der Waals surface area contributed by atoms with Gasteiger partial charge in [-0.3, -0.25) is 0 Å². The summed E-state index contributed by atoms with van der Waals surface area (Å²) in [6, 6.07) is 12.3. The minimum atomic E-state index is -4.33. The highest BCUT2D eigenvalue weighted by molar-refractivity contribution is 9.10. The van der Waals surface area contributed by atoms with Gasteiger partial charge in [0.05, 0.1) is 5.56 Å². The molecule has 1 nitrogen and oxygen atoms in total. The van der Waals surface area contributed by atoms with Crippen molar-refractivity contribution in [2.75, 3.05) is 0 Å². The quantitative estimate of drug-likeness (QED) is 0.765. The maximum atomic E-state index is 12.5. The molecule has 0 aliphatic heterocycles. The zero-order valence-electron chi connectivity index (χ0n) is 9.75. The lowest BCUT2D eigenvalue weighted by atomic mass is 10.1. The molecular formula is C14H10BrF3O. The molecule has 0 amide bonds. The Morgan fingerprint density at radius 2 is 1.74 bits per heavy atom. The molecule has 0 unspecified atom stereocenters. The normalized spacial score (nSPS) is 11.4. The van der Waals surface area contributed by atoms with E-state index in [2.05, 4.69) is 15.9 Å². The molecule has 5 heteroatoms. The fourth-order valence-electron chi connectivity index (χ4n) is 1.56. The Labute approximate surface area is 117 Å². The summed E-state index contributed by atoms with van der Waals surface area (Å²) in [5, 5.41) is 0. The van der Waals surface area contributed by atoms with Crippen LogP contribution in [0.4, 0.5) is 13.2 Å². The lowest BCUT2D eigenvalue weighted by Gasteiger charge is -2.10. The minimum Gasteiger partial charge on any atom is -0.489 e. The van der Waals surface area contributed by atoms with Gasteiger partial charge in [-0.05, 0) is 35.9 Å². The van der Waals surface area contributed by atoms with Gasteiger partial charge in [-0.1, -0.05) is 34.1 Å². The van der Waals surface area contributed by atoms with Crippen molar-refractivity contribution in [1.82, 2.24) is 0 Å². The van der Waals surface area contributed by atoms with Crippen molar-refractivity contribution in [2.24, 2.45) is 0 Å². The van der Waals surface area contributed by atoms with Crippen LogP contribution >= 0.6 is 15.9 Å². The molecule has 0 heterocycles. The van der Waals surface area contributed by atoms with Crippen molar-refractivity contribution < 1.29 is 17.9 Å². The van der Waals surface area contributed by atoms with Crippen molar-refractivity contribution in [2.45, 2.75) is 12.8 Å². The summed E-state index contributed by atoms with van der Waals surface area (Å²) in [6.45, 7) is 0.0976. The van der Waals surface area contributed by atoms with Crippen LogP contribution in [0, 0.1) is 0 Å². The van der Waals surface area contributed by atoms with E-state index in [1.54, 1.807) is 24.3 Å². The van der Waals surface area contributed by atoms with Gasteiger partial charge < -0.3 is 4.74 Å². The third-order valence-corrected chi connectivity index (χ3v) is 2.95. The molecule has 0 atom stereocenters. The van der Waals surface area contributed by atoms with Crippen LogP contribution in [0.15, 0.2) is 53.0 Å². The highest BCUT2D eigenvalue weighted by Gasteiger charge is 2.30. The van der Waals surface area contributed by atoms with Gasteiger partial charge in [-0.2, -0.15) is 13.2 Å². The third-order valence-electron chi connectivity index (χ3n) is 2.46. The Kier molecular flexibility index (Phi) is 4.14. The van der Waals surface area contributed by atoms with E-state index >= 15 is 0 Å². The smallest absolute Gasteiger partial charge is 0.416 e. The van der Waals surface area contributed by atoms with Gasteiger partial charge in [0.1, 0.15) is 12.4 Å². The summed E-state index contributed by atoms with van der Waals surface area (Å²) in [6.07, 6.45) is -4.33. The van der Waals surface area contributed by atoms with Gasteiger partial charge in [0.15, 0.2) is 0 Å².